The minimum absolute atomic E-state index is 0.0692. The summed E-state index contributed by atoms with van der Waals surface area (Å²) in [6.45, 7) is 1.39. The van der Waals surface area contributed by atoms with Gasteiger partial charge in [0.15, 0.2) is 5.78 Å². The van der Waals surface area contributed by atoms with Crippen molar-refractivity contribution in [3.05, 3.63) is 117 Å². The minimum atomic E-state index is -1.31. The first-order valence-electron chi connectivity index (χ1n) is 12.1. The fourth-order valence-corrected chi connectivity index (χ4v) is 4.48. The predicted molar refractivity (Wildman–Crippen MR) is 149 cm³/mol. The molecule has 0 aliphatic heterocycles. The van der Waals surface area contributed by atoms with Crippen molar-refractivity contribution in [1.29, 1.82) is 0 Å². The van der Waals surface area contributed by atoms with Crippen LogP contribution in [0.4, 0.5) is 10.1 Å². The number of nitrogens with zero attached hydrogens (tertiary/aromatic N) is 1. The van der Waals surface area contributed by atoms with Crippen molar-refractivity contribution in [2.45, 2.75) is 19.4 Å². The van der Waals surface area contributed by atoms with Gasteiger partial charge in [-0.25, -0.2) is 9.18 Å². The standard InChI is InChI=1S/C30H24ClFN2O6/c1-17(35)21-10-9-20(31)14-22(21)23-15-28(36)34(16-27(23)40-2)26(12-18-6-4-3-5-7-18)29(37)33-25-11-8-19(30(38)39)13-24(25)32/h3-11,13-16,26H,12H2,1-2H3,(H,33,37)(H,38,39). The van der Waals surface area contributed by atoms with Gasteiger partial charge in [0, 0.05) is 28.6 Å². The number of nitrogens with one attached hydrogen (secondary N) is 1. The van der Waals surface area contributed by atoms with E-state index in [9.17, 15) is 23.6 Å². The third-order valence-electron chi connectivity index (χ3n) is 6.30. The van der Waals surface area contributed by atoms with Crippen molar-refractivity contribution < 1.29 is 28.6 Å². The highest BCUT2D eigenvalue weighted by molar-refractivity contribution is 6.31. The van der Waals surface area contributed by atoms with Crippen LogP contribution < -0.4 is 15.6 Å². The normalized spacial score (nSPS) is 11.5. The maximum Gasteiger partial charge on any atom is 0.335 e. The second kappa shape index (κ2) is 12.0. The van der Waals surface area contributed by atoms with Crippen LogP contribution >= 0.6 is 11.6 Å². The van der Waals surface area contributed by atoms with Crippen LogP contribution in [-0.2, 0) is 11.2 Å². The number of amides is 1. The van der Waals surface area contributed by atoms with Gasteiger partial charge < -0.3 is 15.2 Å². The summed E-state index contributed by atoms with van der Waals surface area (Å²) in [4.78, 5) is 50.5. The molecule has 0 aliphatic rings. The monoisotopic (exact) mass is 562 g/mol. The molecule has 1 atom stereocenters. The first kappa shape index (κ1) is 28.3. The molecular weight excluding hydrogens is 539 g/mol. The lowest BCUT2D eigenvalue weighted by Gasteiger charge is -2.22. The molecular formula is C30H24ClFN2O6. The smallest absolute Gasteiger partial charge is 0.335 e. The lowest BCUT2D eigenvalue weighted by Crippen LogP contribution is -2.34. The van der Waals surface area contributed by atoms with Crippen molar-refractivity contribution in [3.63, 3.8) is 0 Å². The maximum atomic E-state index is 14.6. The fraction of sp³-hybridized carbons (Fsp3) is 0.133. The highest BCUT2D eigenvalue weighted by Gasteiger charge is 2.26. The van der Waals surface area contributed by atoms with E-state index in [1.807, 2.05) is 0 Å². The number of Topliss-reactive ketones (excluding diaryl/α,β-unsaturated/α-hetero) is 1. The number of carboxylic acid groups (broad SMARTS) is 1. The van der Waals surface area contributed by atoms with Gasteiger partial charge in [-0.1, -0.05) is 41.9 Å². The number of carbonyl (C=O) groups is 3. The molecule has 0 saturated carbocycles. The number of aromatic carboxylic acids is 1. The van der Waals surface area contributed by atoms with E-state index in [1.165, 1.54) is 30.9 Å². The van der Waals surface area contributed by atoms with E-state index >= 15 is 0 Å². The molecule has 0 bridgehead atoms. The molecule has 8 nitrogen and oxygen atoms in total. The molecule has 0 fully saturated rings. The number of carbonyl (C=O) groups excluding carboxylic acids is 2. The largest absolute Gasteiger partial charge is 0.495 e. The number of ether oxygens (including phenoxy) is 1. The van der Waals surface area contributed by atoms with Crippen molar-refractivity contribution in [2.24, 2.45) is 0 Å². The lowest BCUT2D eigenvalue weighted by atomic mass is 9.97. The number of ketones is 1. The minimum Gasteiger partial charge on any atom is -0.495 e. The van der Waals surface area contributed by atoms with Gasteiger partial charge in [0.1, 0.15) is 17.6 Å². The Morgan fingerprint density at radius 2 is 1.75 bits per heavy atom. The Kier molecular flexibility index (Phi) is 8.45. The molecule has 0 aliphatic carbocycles. The van der Waals surface area contributed by atoms with Crippen molar-refractivity contribution in [3.8, 4) is 16.9 Å². The number of anilines is 1. The molecule has 3 aromatic carbocycles. The summed E-state index contributed by atoms with van der Waals surface area (Å²) in [5, 5.41) is 11.9. The third kappa shape index (κ3) is 6.10. The van der Waals surface area contributed by atoms with E-state index in [0.29, 0.717) is 21.7 Å². The van der Waals surface area contributed by atoms with Gasteiger partial charge in [0.2, 0.25) is 5.91 Å². The zero-order chi connectivity index (χ0) is 29.0. The number of halogens is 2. The Balaban J connectivity index is 1.81. The number of carboxylic acids is 1. The second-order valence-electron chi connectivity index (χ2n) is 8.94. The number of benzene rings is 3. The molecule has 0 spiro atoms. The summed E-state index contributed by atoms with van der Waals surface area (Å²) in [6, 6.07) is 16.8. The van der Waals surface area contributed by atoms with E-state index in [-0.39, 0.29) is 29.2 Å². The first-order valence-corrected chi connectivity index (χ1v) is 12.5. The van der Waals surface area contributed by atoms with Crippen LogP contribution in [0.25, 0.3) is 11.1 Å². The number of methoxy groups -OCH3 is 1. The lowest BCUT2D eigenvalue weighted by molar-refractivity contribution is -0.119. The zero-order valence-corrected chi connectivity index (χ0v) is 22.2. The highest BCUT2D eigenvalue weighted by atomic mass is 35.5. The van der Waals surface area contributed by atoms with Gasteiger partial charge in [0.05, 0.1) is 24.6 Å². The highest BCUT2D eigenvalue weighted by Crippen LogP contribution is 2.34. The Hall–Kier alpha value is -4.76. The van der Waals surface area contributed by atoms with Crippen LogP contribution in [-0.4, -0.2) is 34.4 Å². The molecule has 1 unspecified atom stereocenters. The van der Waals surface area contributed by atoms with Crippen molar-refractivity contribution in [2.75, 3.05) is 12.4 Å². The SMILES string of the molecule is COc1cn(C(Cc2ccccc2)C(=O)Nc2ccc(C(=O)O)cc2F)c(=O)cc1-c1cc(Cl)ccc1C(C)=O. The van der Waals surface area contributed by atoms with Crippen LogP contribution in [0.15, 0.2) is 83.8 Å². The van der Waals surface area contributed by atoms with Crippen LogP contribution in [0.1, 0.15) is 39.2 Å². The second-order valence-corrected chi connectivity index (χ2v) is 9.38. The molecule has 1 aromatic heterocycles. The predicted octanol–water partition coefficient (Wildman–Crippen LogP) is 5.64. The molecule has 40 heavy (non-hydrogen) atoms. The Morgan fingerprint density at radius 3 is 2.38 bits per heavy atom. The summed E-state index contributed by atoms with van der Waals surface area (Å²) >= 11 is 6.19. The van der Waals surface area contributed by atoms with Gasteiger partial charge >= 0.3 is 5.97 Å². The topological polar surface area (TPSA) is 115 Å². The van der Waals surface area contributed by atoms with E-state index in [0.717, 1.165) is 23.8 Å². The quantitative estimate of drug-likeness (QED) is 0.255. The van der Waals surface area contributed by atoms with Gasteiger partial charge in [-0.05, 0) is 54.4 Å². The molecule has 0 radical (unpaired) electrons. The molecule has 4 aromatic rings. The van der Waals surface area contributed by atoms with Crippen LogP contribution in [0.2, 0.25) is 5.02 Å². The maximum absolute atomic E-state index is 14.6. The number of aromatic nitrogens is 1. The van der Waals surface area contributed by atoms with Gasteiger partial charge in [-0.15, -0.1) is 0 Å². The Bertz CT molecular complexity index is 1670. The molecule has 2 N–H and O–H groups in total. The average Bonchev–Trinajstić information content (AvgIpc) is 2.93. The molecule has 1 amide bonds. The number of pyridine rings is 1. The van der Waals surface area contributed by atoms with Crippen molar-refractivity contribution in [1.82, 2.24) is 4.57 Å². The van der Waals surface area contributed by atoms with Crippen molar-refractivity contribution >= 4 is 34.9 Å². The summed E-state index contributed by atoms with van der Waals surface area (Å²) in [6.07, 6.45) is 1.43. The molecule has 4 rings (SSSR count). The van der Waals surface area contributed by atoms with Gasteiger partial charge in [-0.3, -0.25) is 19.0 Å². The fourth-order valence-electron chi connectivity index (χ4n) is 4.31. The molecule has 1 heterocycles. The van der Waals surface area contributed by atoms with E-state index < -0.39 is 29.3 Å². The Labute approximate surface area is 233 Å². The number of hydrogen-bond donors (Lipinski definition) is 2. The first-order chi connectivity index (χ1) is 19.1. The molecule has 204 valence electrons. The van der Waals surface area contributed by atoms with E-state index in [2.05, 4.69) is 5.32 Å². The third-order valence-corrected chi connectivity index (χ3v) is 6.53. The van der Waals surface area contributed by atoms with Crippen LogP contribution in [0.3, 0.4) is 0 Å². The van der Waals surface area contributed by atoms with E-state index in [1.54, 1.807) is 48.5 Å². The number of hydrogen-bond acceptors (Lipinski definition) is 5. The molecule has 0 saturated heterocycles. The van der Waals surface area contributed by atoms with Crippen LogP contribution in [0, 0.1) is 5.82 Å². The Morgan fingerprint density at radius 1 is 1.02 bits per heavy atom. The summed E-state index contributed by atoms with van der Waals surface area (Å²) in [5.41, 5.74) is 0.666. The van der Waals surface area contributed by atoms with Gasteiger partial charge in [-0.2, -0.15) is 0 Å². The summed E-state index contributed by atoms with van der Waals surface area (Å²) < 4.78 is 21.4. The number of rotatable bonds is 9. The molecule has 10 heteroatoms. The zero-order valence-electron chi connectivity index (χ0n) is 21.5. The van der Waals surface area contributed by atoms with Gasteiger partial charge in [0.25, 0.3) is 5.56 Å². The van der Waals surface area contributed by atoms with Crippen LogP contribution in [0.5, 0.6) is 5.75 Å². The summed E-state index contributed by atoms with van der Waals surface area (Å²) in [5.74, 6) is -3.01. The average molecular weight is 563 g/mol. The summed E-state index contributed by atoms with van der Waals surface area (Å²) in [7, 11) is 1.39. The van der Waals surface area contributed by atoms with E-state index in [4.69, 9.17) is 21.4 Å².